The van der Waals surface area contributed by atoms with Crippen molar-refractivity contribution < 1.29 is 23.5 Å². The molecule has 2 aromatic carbocycles. The number of benzene rings is 2. The largest absolute Gasteiger partial charge is 0.479 e. The highest BCUT2D eigenvalue weighted by molar-refractivity contribution is 5.97. The third kappa shape index (κ3) is 3.28. The summed E-state index contributed by atoms with van der Waals surface area (Å²) in [5.41, 5.74) is 0.0433. The number of halogens is 2. The second-order valence-corrected chi connectivity index (χ2v) is 4.74. The van der Waals surface area contributed by atoms with Crippen LogP contribution in [0.3, 0.4) is 0 Å². The van der Waals surface area contributed by atoms with E-state index in [1.54, 1.807) is 18.2 Å². The number of hydrogen-bond donors (Lipinski definition) is 2. The highest BCUT2D eigenvalue weighted by atomic mass is 19.1. The summed E-state index contributed by atoms with van der Waals surface area (Å²) in [4.78, 5) is 23.4. The van der Waals surface area contributed by atoms with Crippen molar-refractivity contribution in [3.8, 4) is 0 Å². The molecule has 4 nitrogen and oxygen atoms in total. The smallest absolute Gasteiger partial charge is 0.330 e. The van der Waals surface area contributed by atoms with Crippen LogP contribution < -0.4 is 5.32 Å². The molecule has 2 N–H and O–H groups in total. The average Bonchev–Trinajstić information content (AvgIpc) is 2.48. The molecule has 2 rings (SSSR count). The Morgan fingerprint density at radius 2 is 1.73 bits per heavy atom. The average molecular weight is 305 g/mol. The molecule has 0 aliphatic carbocycles. The fourth-order valence-electron chi connectivity index (χ4n) is 1.97. The van der Waals surface area contributed by atoms with Gasteiger partial charge in [-0.25, -0.2) is 13.6 Å². The van der Waals surface area contributed by atoms with Crippen molar-refractivity contribution >= 4 is 11.9 Å². The molecule has 0 aliphatic heterocycles. The molecule has 0 saturated heterocycles. The Balaban J connectivity index is 2.30. The van der Waals surface area contributed by atoms with Crippen LogP contribution in [-0.4, -0.2) is 17.0 Å². The molecule has 0 unspecified atom stereocenters. The van der Waals surface area contributed by atoms with Crippen LogP contribution in [0.15, 0.2) is 42.5 Å². The minimum Gasteiger partial charge on any atom is -0.479 e. The van der Waals surface area contributed by atoms with Gasteiger partial charge in [0.2, 0.25) is 0 Å². The summed E-state index contributed by atoms with van der Waals surface area (Å²) in [6.45, 7) is 1.39. The first-order chi connectivity index (χ1) is 10.4. The number of amides is 1. The highest BCUT2D eigenvalue weighted by Crippen LogP contribution is 2.17. The van der Waals surface area contributed by atoms with Gasteiger partial charge in [0, 0.05) is 6.07 Å². The van der Waals surface area contributed by atoms with Crippen molar-refractivity contribution in [3.05, 3.63) is 70.8 Å². The van der Waals surface area contributed by atoms with E-state index in [4.69, 9.17) is 0 Å². The summed E-state index contributed by atoms with van der Waals surface area (Å²) in [6, 6.07) is 8.34. The lowest BCUT2D eigenvalue weighted by Crippen LogP contribution is -2.34. The number of rotatable bonds is 4. The normalized spacial score (nSPS) is 11.8. The quantitative estimate of drug-likeness (QED) is 0.913. The number of aryl methyl sites for hydroxylation is 1. The Hall–Kier alpha value is -2.76. The summed E-state index contributed by atoms with van der Waals surface area (Å²) in [6.07, 6.45) is 0. The van der Waals surface area contributed by atoms with Crippen molar-refractivity contribution in [1.82, 2.24) is 5.32 Å². The zero-order valence-corrected chi connectivity index (χ0v) is 11.6. The Morgan fingerprint density at radius 3 is 2.32 bits per heavy atom. The fourth-order valence-corrected chi connectivity index (χ4v) is 1.97. The van der Waals surface area contributed by atoms with E-state index in [1.165, 1.54) is 19.1 Å². The maximum atomic E-state index is 13.7. The molecule has 0 bridgehead atoms. The molecule has 0 aromatic heterocycles. The number of carboxylic acids is 1. The van der Waals surface area contributed by atoms with E-state index in [1.807, 2.05) is 0 Å². The van der Waals surface area contributed by atoms with Crippen molar-refractivity contribution in [3.63, 3.8) is 0 Å². The predicted octanol–water partition coefficient (Wildman–Crippen LogP) is 2.83. The first-order valence-electron chi connectivity index (χ1n) is 6.44. The van der Waals surface area contributed by atoms with Crippen LogP contribution in [0.4, 0.5) is 8.78 Å². The molecule has 0 fully saturated rings. The minimum atomic E-state index is -1.32. The summed E-state index contributed by atoms with van der Waals surface area (Å²) in [7, 11) is 0. The van der Waals surface area contributed by atoms with E-state index >= 15 is 0 Å². The van der Waals surface area contributed by atoms with Crippen molar-refractivity contribution in [2.75, 3.05) is 0 Å². The maximum Gasteiger partial charge on any atom is 0.330 e. The van der Waals surface area contributed by atoms with Gasteiger partial charge in [-0.2, -0.15) is 0 Å². The molecular formula is C16H13F2NO3. The lowest BCUT2D eigenvalue weighted by molar-refractivity contribution is -0.139. The number of hydrogen-bond acceptors (Lipinski definition) is 2. The summed E-state index contributed by atoms with van der Waals surface area (Å²) < 4.78 is 26.9. The lowest BCUT2D eigenvalue weighted by Gasteiger charge is -2.15. The van der Waals surface area contributed by atoms with E-state index in [9.17, 15) is 23.5 Å². The Morgan fingerprint density at radius 1 is 1.09 bits per heavy atom. The lowest BCUT2D eigenvalue weighted by atomic mass is 10.1. The molecule has 114 valence electrons. The summed E-state index contributed by atoms with van der Waals surface area (Å²) >= 11 is 0. The van der Waals surface area contributed by atoms with Gasteiger partial charge >= 0.3 is 5.97 Å². The number of carboxylic acid groups (broad SMARTS) is 1. The SMILES string of the molecule is Cc1cc(C(=O)N[C@@H](C(=O)O)c2ccccc2)c(F)cc1F. The van der Waals surface area contributed by atoms with E-state index in [2.05, 4.69) is 5.32 Å². The molecule has 0 aliphatic rings. The Kier molecular flexibility index (Phi) is 4.50. The first-order valence-corrected chi connectivity index (χ1v) is 6.44. The standard InChI is InChI=1S/C16H13F2NO3/c1-9-7-11(13(18)8-12(9)17)15(20)19-14(16(21)22)10-5-3-2-4-6-10/h2-8,14H,1H3,(H,19,20)(H,21,22)/t14-/m1/s1. The zero-order valence-electron chi connectivity index (χ0n) is 11.6. The van der Waals surface area contributed by atoms with Crippen molar-refractivity contribution in [2.45, 2.75) is 13.0 Å². The van der Waals surface area contributed by atoms with Gasteiger partial charge in [-0.15, -0.1) is 0 Å². The van der Waals surface area contributed by atoms with E-state index in [0.717, 1.165) is 6.07 Å². The Labute approximate surface area is 125 Å². The molecule has 0 heterocycles. The van der Waals surface area contributed by atoms with Gasteiger partial charge in [-0.05, 0) is 24.1 Å². The van der Waals surface area contributed by atoms with Crippen LogP contribution in [0.5, 0.6) is 0 Å². The maximum absolute atomic E-state index is 13.7. The molecule has 2 aromatic rings. The van der Waals surface area contributed by atoms with Gasteiger partial charge in [0.25, 0.3) is 5.91 Å². The molecule has 1 atom stereocenters. The van der Waals surface area contributed by atoms with Gasteiger partial charge < -0.3 is 10.4 Å². The van der Waals surface area contributed by atoms with Crippen LogP contribution in [0.1, 0.15) is 27.5 Å². The van der Waals surface area contributed by atoms with Gasteiger partial charge in [-0.1, -0.05) is 30.3 Å². The Bertz CT molecular complexity index is 717. The van der Waals surface area contributed by atoms with E-state index in [0.29, 0.717) is 11.6 Å². The fraction of sp³-hybridized carbons (Fsp3) is 0.125. The van der Waals surface area contributed by atoms with Gasteiger partial charge in [0.1, 0.15) is 11.6 Å². The van der Waals surface area contributed by atoms with Gasteiger partial charge in [0.15, 0.2) is 6.04 Å². The molecule has 0 saturated carbocycles. The number of carbonyl (C=O) groups is 2. The van der Waals surface area contributed by atoms with Crippen LogP contribution in [0.25, 0.3) is 0 Å². The van der Waals surface area contributed by atoms with Crippen LogP contribution in [0, 0.1) is 18.6 Å². The molecule has 0 radical (unpaired) electrons. The minimum absolute atomic E-state index is 0.0955. The van der Waals surface area contributed by atoms with Crippen LogP contribution in [-0.2, 0) is 4.79 Å². The third-order valence-electron chi connectivity index (χ3n) is 3.15. The van der Waals surface area contributed by atoms with Crippen molar-refractivity contribution in [2.24, 2.45) is 0 Å². The number of carbonyl (C=O) groups excluding carboxylic acids is 1. The monoisotopic (exact) mass is 305 g/mol. The second kappa shape index (κ2) is 6.34. The van der Waals surface area contributed by atoms with Gasteiger partial charge in [0.05, 0.1) is 5.56 Å². The van der Waals surface area contributed by atoms with Crippen LogP contribution >= 0.6 is 0 Å². The summed E-state index contributed by atoms with van der Waals surface area (Å²) in [5, 5.41) is 11.5. The molecule has 0 spiro atoms. The van der Waals surface area contributed by atoms with E-state index < -0.39 is 35.1 Å². The number of nitrogens with one attached hydrogen (secondary N) is 1. The molecule has 6 heteroatoms. The van der Waals surface area contributed by atoms with Crippen LogP contribution in [0.2, 0.25) is 0 Å². The first kappa shape index (κ1) is 15.6. The molecule has 22 heavy (non-hydrogen) atoms. The zero-order chi connectivity index (χ0) is 16.3. The predicted molar refractivity (Wildman–Crippen MR) is 75.4 cm³/mol. The topological polar surface area (TPSA) is 66.4 Å². The second-order valence-electron chi connectivity index (χ2n) is 4.74. The van der Waals surface area contributed by atoms with Crippen molar-refractivity contribution in [1.29, 1.82) is 0 Å². The van der Waals surface area contributed by atoms with Gasteiger partial charge in [-0.3, -0.25) is 4.79 Å². The summed E-state index contributed by atoms with van der Waals surface area (Å²) in [5.74, 6) is -4.01. The molecule has 1 amide bonds. The molecular weight excluding hydrogens is 292 g/mol. The van der Waals surface area contributed by atoms with E-state index in [-0.39, 0.29) is 5.56 Å². The highest BCUT2D eigenvalue weighted by Gasteiger charge is 2.24. The third-order valence-corrected chi connectivity index (χ3v) is 3.15. The number of aliphatic carboxylic acids is 1.